The Morgan fingerprint density at radius 1 is 1.44 bits per heavy atom. The van der Waals surface area contributed by atoms with Gasteiger partial charge in [0.1, 0.15) is 6.17 Å². The molecule has 1 N–H and O–H groups in total. The molecule has 1 aromatic rings. The van der Waals surface area contributed by atoms with Gasteiger partial charge in [0.2, 0.25) is 0 Å². The number of rotatable bonds is 2. The van der Waals surface area contributed by atoms with E-state index in [1.807, 2.05) is 38.1 Å². The molecule has 0 heterocycles. The van der Waals surface area contributed by atoms with Crippen molar-refractivity contribution in [2.24, 2.45) is 0 Å². The molecule has 1 aromatic carbocycles. The summed E-state index contributed by atoms with van der Waals surface area (Å²) in [6.07, 6.45) is 5.01. The lowest BCUT2D eigenvalue weighted by Gasteiger charge is -2.26. The maximum atomic E-state index is 13.9. The molecule has 0 amide bonds. The number of halogens is 1. The van der Waals surface area contributed by atoms with Crippen molar-refractivity contribution in [3.8, 4) is 12.3 Å². The normalized spacial score (nSPS) is 23.9. The Bertz CT molecular complexity index is 431. The van der Waals surface area contributed by atoms with E-state index < -0.39 is 11.7 Å². The molecule has 0 saturated carbocycles. The van der Waals surface area contributed by atoms with E-state index in [1.165, 1.54) is 0 Å². The minimum Gasteiger partial charge on any atom is -0.292 e. The zero-order chi connectivity index (χ0) is 11.8. The van der Waals surface area contributed by atoms with Crippen LogP contribution in [0.4, 0.5) is 4.39 Å². The lowest BCUT2D eigenvalue weighted by molar-refractivity contribution is 0.245. The van der Waals surface area contributed by atoms with E-state index in [0.29, 0.717) is 6.42 Å². The topological polar surface area (TPSA) is 12.0 Å². The highest BCUT2D eigenvalue weighted by molar-refractivity contribution is 5.37. The number of benzene rings is 1. The minimum atomic E-state index is -0.884. The molecule has 84 valence electrons. The molecule has 2 rings (SSSR count). The van der Waals surface area contributed by atoms with Gasteiger partial charge in [0.05, 0.1) is 11.6 Å². The van der Waals surface area contributed by atoms with Crippen LogP contribution in [0.3, 0.4) is 0 Å². The Kier molecular flexibility index (Phi) is 2.73. The van der Waals surface area contributed by atoms with Crippen LogP contribution in [0.1, 0.15) is 31.0 Å². The summed E-state index contributed by atoms with van der Waals surface area (Å²) in [5.41, 5.74) is 1.64. The molecule has 2 heteroatoms. The third-order valence-corrected chi connectivity index (χ3v) is 3.04. The maximum absolute atomic E-state index is 13.9. The Hall–Kier alpha value is -1.33. The van der Waals surface area contributed by atoms with Gasteiger partial charge >= 0.3 is 0 Å². The molecule has 1 aliphatic carbocycles. The van der Waals surface area contributed by atoms with E-state index in [9.17, 15) is 4.39 Å². The third kappa shape index (κ3) is 1.96. The zero-order valence-electron chi connectivity index (χ0n) is 9.63. The van der Waals surface area contributed by atoms with E-state index >= 15 is 0 Å². The van der Waals surface area contributed by atoms with Gasteiger partial charge in [-0.15, -0.1) is 6.42 Å². The summed E-state index contributed by atoms with van der Waals surface area (Å²) in [5.74, 6) is 2.64. The summed E-state index contributed by atoms with van der Waals surface area (Å²) in [7, 11) is 0. The molecular formula is C14H16FN. The Morgan fingerprint density at radius 2 is 2.12 bits per heavy atom. The first kappa shape index (κ1) is 11.2. The SMILES string of the molecule is C#CC(C)(C)NC1c2ccccc2CC1F. The van der Waals surface area contributed by atoms with Gasteiger partial charge in [-0.1, -0.05) is 30.2 Å². The van der Waals surface area contributed by atoms with Crippen LogP contribution in [0.25, 0.3) is 0 Å². The first-order valence-electron chi connectivity index (χ1n) is 5.51. The van der Waals surface area contributed by atoms with Crippen LogP contribution in [0, 0.1) is 12.3 Å². The number of terminal acetylenes is 1. The fourth-order valence-electron chi connectivity index (χ4n) is 2.14. The number of hydrogen-bond acceptors (Lipinski definition) is 1. The largest absolute Gasteiger partial charge is 0.292 e. The number of nitrogens with one attached hydrogen (secondary N) is 1. The van der Waals surface area contributed by atoms with Gasteiger partial charge in [-0.3, -0.25) is 5.32 Å². The molecule has 1 nitrogen and oxygen atoms in total. The second-order valence-electron chi connectivity index (χ2n) is 4.81. The van der Waals surface area contributed by atoms with Crippen LogP contribution in [-0.2, 0) is 6.42 Å². The van der Waals surface area contributed by atoms with Crippen LogP contribution in [0.2, 0.25) is 0 Å². The van der Waals surface area contributed by atoms with Gasteiger partial charge in [-0.05, 0) is 25.0 Å². The Balaban J connectivity index is 2.27. The molecule has 0 spiro atoms. The standard InChI is InChI=1S/C14H16FN/c1-4-14(2,3)16-13-11-8-6-5-7-10(11)9-12(13)15/h1,5-8,12-13,16H,9H2,2-3H3. The predicted octanol–water partition coefficient (Wildman–Crippen LogP) is 2.62. The number of alkyl halides is 1. The molecule has 0 bridgehead atoms. The number of hydrogen-bond donors (Lipinski definition) is 1. The molecule has 16 heavy (non-hydrogen) atoms. The first-order valence-corrected chi connectivity index (χ1v) is 5.51. The predicted molar refractivity (Wildman–Crippen MR) is 63.8 cm³/mol. The highest BCUT2D eigenvalue weighted by Gasteiger charge is 2.34. The first-order chi connectivity index (χ1) is 7.53. The van der Waals surface area contributed by atoms with Crippen molar-refractivity contribution in [1.82, 2.24) is 5.32 Å². The van der Waals surface area contributed by atoms with Gasteiger partial charge in [0, 0.05) is 6.42 Å². The van der Waals surface area contributed by atoms with Crippen molar-refractivity contribution in [3.05, 3.63) is 35.4 Å². The fourth-order valence-corrected chi connectivity index (χ4v) is 2.14. The average molecular weight is 217 g/mol. The van der Waals surface area contributed by atoms with Gasteiger partial charge in [0.15, 0.2) is 0 Å². The summed E-state index contributed by atoms with van der Waals surface area (Å²) < 4.78 is 13.9. The van der Waals surface area contributed by atoms with E-state index in [2.05, 4.69) is 11.2 Å². The van der Waals surface area contributed by atoms with E-state index in [-0.39, 0.29) is 6.04 Å². The second-order valence-corrected chi connectivity index (χ2v) is 4.81. The third-order valence-electron chi connectivity index (χ3n) is 3.04. The molecule has 0 aromatic heterocycles. The van der Waals surface area contributed by atoms with Crippen LogP contribution in [-0.4, -0.2) is 11.7 Å². The van der Waals surface area contributed by atoms with Gasteiger partial charge in [0.25, 0.3) is 0 Å². The van der Waals surface area contributed by atoms with E-state index in [1.54, 1.807) is 0 Å². The fraction of sp³-hybridized carbons (Fsp3) is 0.429. The van der Waals surface area contributed by atoms with Crippen LogP contribution >= 0.6 is 0 Å². The molecule has 0 saturated heterocycles. The number of fused-ring (bicyclic) bond motifs is 1. The summed E-state index contributed by atoms with van der Waals surface area (Å²) in [4.78, 5) is 0. The highest BCUT2D eigenvalue weighted by atomic mass is 19.1. The Morgan fingerprint density at radius 3 is 2.81 bits per heavy atom. The quantitative estimate of drug-likeness (QED) is 0.751. The van der Waals surface area contributed by atoms with Crippen molar-refractivity contribution >= 4 is 0 Å². The van der Waals surface area contributed by atoms with Crippen molar-refractivity contribution in [1.29, 1.82) is 0 Å². The lowest BCUT2D eigenvalue weighted by Crippen LogP contribution is -2.42. The summed E-state index contributed by atoms with van der Waals surface area (Å²) in [6.45, 7) is 3.78. The van der Waals surface area contributed by atoms with Gasteiger partial charge in [-0.25, -0.2) is 4.39 Å². The van der Waals surface area contributed by atoms with E-state index in [4.69, 9.17) is 6.42 Å². The minimum absolute atomic E-state index is 0.276. The van der Waals surface area contributed by atoms with Crippen LogP contribution < -0.4 is 5.32 Å². The van der Waals surface area contributed by atoms with Crippen molar-refractivity contribution in [3.63, 3.8) is 0 Å². The summed E-state index contributed by atoms with van der Waals surface area (Å²) in [6, 6.07) is 7.56. The summed E-state index contributed by atoms with van der Waals surface area (Å²) in [5, 5.41) is 3.20. The maximum Gasteiger partial charge on any atom is 0.124 e. The molecule has 0 radical (unpaired) electrons. The average Bonchev–Trinajstić information content (AvgIpc) is 2.56. The van der Waals surface area contributed by atoms with Crippen LogP contribution in [0.15, 0.2) is 24.3 Å². The molecule has 1 aliphatic rings. The van der Waals surface area contributed by atoms with E-state index in [0.717, 1.165) is 11.1 Å². The zero-order valence-corrected chi connectivity index (χ0v) is 9.63. The van der Waals surface area contributed by atoms with Crippen molar-refractivity contribution in [2.45, 2.75) is 38.0 Å². The Labute approximate surface area is 96.1 Å². The lowest BCUT2D eigenvalue weighted by atomic mass is 10.0. The second kappa shape index (κ2) is 3.92. The highest BCUT2D eigenvalue weighted by Crippen LogP contribution is 2.34. The monoisotopic (exact) mass is 217 g/mol. The summed E-state index contributed by atoms with van der Waals surface area (Å²) >= 11 is 0. The molecule has 2 unspecified atom stereocenters. The van der Waals surface area contributed by atoms with Gasteiger partial charge < -0.3 is 0 Å². The molecule has 0 aliphatic heterocycles. The van der Waals surface area contributed by atoms with Crippen molar-refractivity contribution < 1.29 is 4.39 Å². The smallest absolute Gasteiger partial charge is 0.124 e. The molecule has 0 fully saturated rings. The van der Waals surface area contributed by atoms with Gasteiger partial charge in [-0.2, -0.15) is 0 Å². The van der Waals surface area contributed by atoms with Crippen LogP contribution in [0.5, 0.6) is 0 Å². The molecule has 2 atom stereocenters. The van der Waals surface area contributed by atoms with Crippen molar-refractivity contribution in [2.75, 3.05) is 0 Å². The molecular weight excluding hydrogens is 201 g/mol.